The van der Waals surface area contributed by atoms with E-state index in [0.717, 1.165) is 44.9 Å². The highest BCUT2D eigenvalue weighted by molar-refractivity contribution is 9.10. The molecule has 4 rings (SSSR count). The maximum atomic E-state index is 12.5. The molecule has 134 valence electrons. The first-order valence-corrected chi connectivity index (χ1v) is 10.1. The smallest absolute Gasteiger partial charge is 0.354 e. The number of esters is 1. The molecule has 3 aromatic rings. The highest BCUT2D eigenvalue weighted by Crippen LogP contribution is 2.44. The van der Waals surface area contributed by atoms with Crippen molar-refractivity contribution in [2.45, 2.75) is 19.9 Å². The number of nitrogens with zero attached hydrogens (tertiary/aromatic N) is 1. The molecular formula is C20H18BrNO3S. The largest absolute Gasteiger partial charge is 0.496 e. The molecule has 0 atom stereocenters. The number of carbonyl (C=O) groups excluding carboxylic acids is 1. The lowest BCUT2D eigenvalue weighted by atomic mass is 9.95. The van der Waals surface area contributed by atoms with Crippen molar-refractivity contribution in [3.63, 3.8) is 0 Å². The SMILES string of the molecule is CCOC(=O)c1cc(-c2cccs2)c2n1CCc1cc(OC)c(Br)cc1-2. The summed E-state index contributed by atoms with van der Waals surface area (Å²) in [6, 6.07) is 10.3. The standard InChI is InChI=1S/C20H18BrNO3S/c1-3-25-20(23)16-11-14(18-5-4-8-26-18)19-13-10-15(21)17(24-2)9-12(13)6-7-22(16)19/h4-5,8-11H,3,6-7H2,1-2H3. The molecule has 0 N–H and O–H groups in total. The predicted octanol–water partition coefficient (Wildman–Crippen LogP) is 5.39. The van der Waals surface area contributed by atoms with Crippen molar-refractivity contribution < 1.29 is 14.3 Å². The lowest BCUT2D eigenvalue weighted by molar-refractivity contribution is 0.0514. The molecule has 26 heavy (non-hydrogen) atoms. The number of fused-ring (bicyclic) bond motifs is 3. The Morgan fingerprint density at radius 1 is 1.31 bits per heavy atom. The van der Waals surface area contributed by atoms with Gasteiger partial charge in [0.1, 0.15) is 11.4 Å². The van der Waals surface area contributed by atoms with E-state index in [1.807, 2.05) is 19.1 Å². The molecule has 3 heterocycles. The zero-order valence-electron chi connectivity index (χ0n) is 14.5. The van der Waals surface area contributed by atoms with E-state index < -0.39 is 0 Å². The van der Waals surface area contributed by atoms with Gasteiger partial charge in [0.15, 0.2) is 0 Å². The van der Waals surface area contributed by atoms with E-state index in [4.69, 9.17) is 9.47 Å². The fraction of sp³-hybridized carbons (Fsp3) is 0.250. The summed E-state index contributed by atoms with van der Waals surface area (Å²) in [5.74, 6) is 0.555. The van der Waals surface area contributed by atoms with Crippen LogP contribution in [0.3, 0.4) is 0 Å². The van der Waals surface area contributed by atoms with Crippen molar-refractivity contribution in [2.24, 2.45) is 0 Å². The van der Waals surface area contributed by atoms with E-state index >= 15 is 0 Å². The molecule has 0 amide bonds. The van der Waals surface area contributed by atoms with Gasteiger partial charge in [-0.05, 0) is 64.5 Å². The van der Waals surface area contributed by atoms with E-state index in [2.05, 4.69) is 44.1 Å². The predicted molar refractivity (Wildman–Crippen MR) is 107 cm³/mol. The number of hydrogen-bond acceptors (Lipinski definition) is 4. The summed E-state index contributed by atoms with van der Waals surface area (Å²) in [7, 11) is 1.67. The van der Waals surface area contributed by atoms with Gasteiger partial charge in [0, 0.05) is 22.5 Å². The number of ether oxygens (including phenoxy) is 2. The molecule has 0 bridgehead atoms. The Morgan fingerprint density at radius 2 is 2.15 bits per heavy atom. The first-order chi connectivity index (χ1) is 12.6. The second-order valence-corrected chi connectivity index (χ2v) is 7.84. The molecule has 1 aliphatic rings. The molecule has 2 aromatic heterocycles. The highest BCUT2D eigenvalue weighted by atomic mass is 79.9. The summed E-state index contributed by atoms with van der Waals surface area (Å²) < 4.78 is 13.7. The number of halogens is 1. The van der Waals surface area contributed by atoms with Gasteiger partial charge in [-0.25, -0.2) is 4.79 Å². The fourth-order valence-corrected chi connectivity index (χ4v) is 4.73. The van der Waals surface area contributed by atoms with Crippen LogP contribution >= 0.6 is 27.3 Å². The minimum Gasteiger partial charge on any atom is -0.496 e. The monoisotopic (exact) mass is 431 g/mol. The zero-order valence-corrected chi connectivity index (χ0v) is 16.9. The molecule has 1 aromatic carbocycles. The van der Waals surface area contributed by atoms with E-state index in [0.29, 0.717) is 12.3 Å². The van der Waals surface area contributed by atoms with Gasteiger partial charge in [0.05, 0.1) is 23.9 Å². The van der Waals surface area contributed by atoms with Gasteiger partial charge in [-0.3, -0.25) is 0 Å². The first kappa shape index (κ1) is 17.4. The van der Waals surface area contributed by atoms with Gasteiger partial charge in [-0.2, -0.15) is 0 Å². The van der Waals surface area contributed by atoms with Crippen LogP contribution in [-0.2, 0) is 17.7 Å². The third-order valence-corrected chi connectivity index (χ3v) is 6.13. The lowest BCUT2D eigenvalue weighted by Crippen LogP contribution is -2.17. The minimum atomic E-state index is -0.271. The number of carbonyl (C=O) groups is 1. The topological polar surface area (TPSA) is 40.5 Å². The summed E-state index contributed by atoms with van der Waals surface area (Å²) in [5, 5.41) is 2.05. The second-order valence-electron chi connectivity index (χ2n) is 6.04. The van der Waals surface area contributed by atoms with Gasteiger partial charge >= 0.3 is 5.97 Å². The summed E-state index contributed by atoms with van der Waals surface area (Å²) in [5.41, 5.74) is 5.11. The Bertz CT molecular complexity index is 976. The Morgan fingerprint density at radius 3 is 2.85 bits per heavy atom. The molecule has 0 aliphatic carbocycles. The quantitative estimate of drug-likeness (QED) is 0.520. The van der Waals surface area contributed by atoms with Crippen LogP contribution in [0.1, 0.15) is 23.0 Å². The molecule has 0 spiro atoms. The Labute approximate surface area is 164 Å². The van der Waals surface area contributed by atoms with Gasteiger partial charge in [0.25, 0.3) is 0 Å². The van der Waals surface area contributed by atoms with Crippen LogP contribution in [0.5, 0.6) is 5.75 Å². The maximum Gasteiger partial charge on any atom is 0.354 e. The Kier molecular flexibility index (Phi) is 4.63. The molecule has 0 saturated carbocycles. The summed E-state index contributed by atoms with van der Waals surface area (Å²) >= 11 is 5.27. The van der Waals surface area contributed by atoms with Crippen molar-refractivity contribution in [1.29, 1.82) is 0 Å². The van der Waals surface area contributed by atoms with Crippen molar-refractivity contribution in [1.82, 2.24) is 4.57 Å². The van der Waals surface area contributed by atoms with Gasteiger partial charge in [0.2, 0.25) is 0 Å². The van der Waals surface area contributed by atoms with Crippen LogP contribution in [-0.4, -0.2) is 24.3 Å². The van der Waals surface area contributed by atoms with Crippen LogP contribution in [0.25, 0.3) is 21.7 Å². The van der Waals surface area contributed by atoms with Crippen LogP contribution < -0.4 is 4.74 Å². The third-order valence-electron chi connectivity index (χ3n) is 4.61. The number of rotatable bonds is 4. The van der Waals surface area contributed by atoms with Gasteiger partial charge in [-0.15, -0.1) is 11.3 Å². The van der Waals surface area contributed by atoms with Crippen LogP contribution in [0.15, 0.2) is 40.2 Å². The van der Waals surface area contributed by atoms with Crippen molar-refractivity contribution in [3.05, 3.63) is 51.4 Å². The molecular weight excluding hydrogens is 414 g/mol. The summed E-state index contributed by atoms with van der Waals surface area (Å²) in [6.07, 6.45) is 0.844. The van der Waals surface area contributed by atoms with E-state index in [-0.39, 0.29) is 5.97 Å². The first-order valence-electron chi connectivity index (χ1n) is 8.45. The number of thiophene rings is 1. The minimum absolute atomic E-state index is 0.271. The van der Waals surface area contributed by atoms with Crippen LogP contribution in [0.2, 0.25) is 0 Å². The molecule has 0 fully saturated rings. The van der Waals surface area contributed by atoms with Gasteiger partial charge in [-0.1, -0.05) is 6.07 Å². The average molecular weight is 432 g/mol. The van der Waals surface area contributed by atoms with E-state index in [9.17, 15) is 4.79 Å². The Balaban J connectivity index is 1.96. The molecule has 0 saturated heterocycles. The molecule has 0 radical (unpaired) electrons. The molecule has 1 aliphatic heterocycles. The number of benzene rings is 1. The summed E-state index contributed by atoms with van der Waals surface area (Å²) in [6.45, 7) is 2.94. The second kappa shape index (κ2) is 6.93. The normalized spacial score (nSPS) is 12.4. The molecule has 6 heteroatoms. The van der Waals surface area contributed by atoms with Crippen LogP contribution in [0, 0.1) is 0 Å². The maximum absolute atomic E-state index is 12.5. The van der Waals surface area contributed by atoms with Gasteiger partial charge < -0.3 is 14.0 Å². The van der Waals surface area contributed by atoms with Crippen molar-refractivity contribution >= 4 is 33.2 Å². The average Bonchev–Trinajstić information content (AvgIpc) is 3.28. The summed E-state index contributed by atoms with van der Waals surface area (Å²) in [4.78, 5) is 13.7. The van der Waals surface area contributed by atoms with Crippen LogP contribution in [0.4, 0.5) is 0 Å². The van der Waals surface area contributed by atoms with E-state index in [1.54, 1.807) is 18.4 Å². The molecule has 4 nitrogen and oxygen atoms in total. The number of methoxy groups -OCH3 is 1. The number of aromatic nitrogens is 1. The van der Waals surface area contributed by atoms with Crippen molar-refractivity contribution in [3.8, 4) is 27.4 Å². The molecule has 0 unspecified atom stereocenters. The van der Waals surface area contributed by atoms with Crippen molar-refractivity contribution in [2.75, 3.05) is 13.7 Å². The zero-order chi connectivity index (χ0) is 18.3. The fourth-order valence-electron chi connectivity index (χ4n) is 3.48. The number of aryl methyl sites for hydroxylation is 1. The lowest BCUT2D eigenvalue weighted by Gasteiger charge is -2.23. The van der Waals surface area contributed by atoms with E-state index in [1.165, 1.54) is 5.56 Å². The third kappa shape index (κ3) is 2.77. The highest BCUT2D eigenvalue weighted by Gasteiger charge is 2.28. The number of hydrogen-bond donors (Lipinski definition) is 0. The Hall–Kier alpha value is -2.05.